The molecule has 0 aromatic heterocycles. The van der Waals surface area contributed by atoms with Gasteiger partial charge in [-0.05, 0) is 73.9 Å². The van der Waals surface area contributed by atoms with Gasteiger partial charge >= 0.3 is 17.9 Å². The highest BCUT2D eigenvalue weighted by atomic mass is 16.6. The van der Waals surface area contributed by atoms with Crippen LogP contribution in [0.4, 0.5) is 0 Å². The molecule has 2 saturated carbocycles. The summed E-state index contributed by atoms with van der Waals surface area (Å²) in [6.45, 7) is 14.6. The van der Waals surface area contributed by atoms with Crippen LogP contribution in [-0.4, -0.2) is 77.6 Å². The predicted molar refractivity (Wildman–Crippen MR) is 165 cm³/mol. The summed E-state index contributed by atoms with van der Waals surface area (Å²) in [6, 6.07) is 9.58. The lowest BCUT2D eigenvalue weighted by atomic mass is 9.49. The molecule has 1 aromatic carbocycles. The number of hydrogen-bond donors (Lipinski definition) is 2. The molecular formula is C35H49NO8. The van der Waals surface area contributed by atoms with Crippen molar-refractivity contribution in [1.29, 1.82) is 0 Å². The van der Waals surface area contributed by atoms with Crippen molar-refractivity contribution in [2.75, 3.05) is 14.1 Å². The van der Waals surface area contributed by atoms with Crippen LogP contribution in [0.25, 0.3) is 0 Å². The zero-order chi connectivity index (χ0) is 32.7. The number of aliphatic hydroxyl groups excluding tert-OH is 2. The number of rotatable bonds is 7. The molecule has 2 bridgehead atoms. The molecule has 9 nitrogen and oxygen atoms in total. The van der Waals surface area contributed by atoms with Gasteiger partial charge in [0.2, 0.25) is 0 Å². The lowest BCUT2D eigenvalue weighted by Crippen LogP contribution is -2.63. The maximum absolute atomic E-state index is 13.4. The summed E-state index contributed by atoms with van der Waals surface area (Å²) in [7, 11) is 3.84. The van der Waals surface area contributed by atoms with Crippen LogP contribution in [0, 0.1) is 22.7 Å². The second-order valence-electron chi connectivity index (χ2n) is 13.9. The molecule has 2 unspecified atom stereocenters. The van der Waals surface area contributed by atoms with E-state index in [1.807, 2.05) is 77.0 Å². The van der Waals surface area contributed by atoms with E-state index in [0.29, 0.717) is 30.4 Å². The summed E-state index contributed by atoms with van der Waals surface area (Å²) >= 11 is 0. The minimum atomic E-state index is -1.21. The summed E-state index contributed by atoms with van der Waals surface area (Å²) in [4.78, 5) is 39.9. The molecule has 0 saturated heterocycles. The Hall–Kier alpha value is -3.01. The summed E-state index contributed by atoms with van der Waals surface area (Å²) in [5.41, 5.74) is 1.22. The number of carbonyl (C=O) groups excluding carboxylic acids is 3. The van der Waals surface area contributed by atoms with Crippen molar-refractivity contribution in [1.82, 2.24) is 4.90 Å². The first-order valence-corrected chi connectivity index (χ1v) is 15.5. The van der Waals surface area contributed by atoms with Crippen LogP contribution in [-0.2, 0) is 28.6 Å². The first-order chi connectivity index (χ1) is 20.5. The topological polar surface area (TPSA) is 123 Å². The molecule has 0 heterocycles. The highest BCUT2D eigenvalue weighted by molar-refractivity contribution is 5.71. The number of benzene rings is 1. The third kappa shape index (κ3) is 6.24. The number of hydrogen-bond acceptors (Lipinski definition) is 9. The van der Waals surface area contributed by atoms with Crippen molar-refractivity contribution >= 4 is 17.9 Å². The lowest BCUT2D eigenvalue weighted by Gasteiger charge is -2.59. The Labute approximate surface area is 261 Å². The minimum absolute atomic E-state index is 0.135. The third-order valence-electron chi connectivity index (χ3n) is 10.5. The number of esters is 3. The van der Waals surface area contributed by atoms with E-state index in [9.17, 15) is 24.6 Å². The second kappa shape index (κ2) is 12.8. The maximum atomic E-state index is 13.4. The van der Waals surface area contributed by atoms with Crippen LogP contribution >= 0.6 is 0 Å². The first-order valence-electron chi connectivity index (χ1n) is 15.5. The number of aliphatic hydroxyl groups is 2. The van der Waals surface area contributed by atoms with Gasteiger partial charge in [-0.3, -0.25) is 14.4 Å². The van der Waals surface area contributed by atoms with E-state index in [0.717, 1.165) is 11.1 Å². The van der Waals surface area contributed by atoms with Crippen LogP contribution in [0.5, 0.6) is 0 Å². The normalized spacial score (nSPS) is 33.9. The smallest absolute Gasteiger partial charge is 0.308 e. The molecule has 3 aliphatic carbocycles. The van der Waals surface area contributed by atoms with Gasteiger partial charge in [-0.1, -0.05) is 57.7 Å². The summed E-state index contributed by atoms with van der Waals surface area (Å²) in [6.07, 6.45) is -3.30. The highest BCUT2D eigenvalue weighted by Crippen LogP contribution is 2.59. The molecule has 0 spiro atoms. The Kier molecular flexibility index (Phi) is 9.83. The fourth-order valence-corrected chi connectivity index (χ4v) is 8.24. The van der Waals surface area contributed by atoms with Gasteiger partial charge in [-0.25, -0.2) is 0 Å². The molecule has 9 atom stereocenters. The molecule has 3 aliphatic rings. The van der Waals surface area contributed by atoms with Crippen molar-refractivity contribution in [3.8, 4) is 0 Å². The number of ether oxygens (including phenoxy) is 3. The van der Waals surface area contributed by atoms with Gasteiger partial charge in [-0.15, -0.1) is 0 Å². The average Bonchev–Trinajstić information content (AvgIpc) is 2.93. The Morgan fingerprint density at radius 3 is 2.18 bits per heavy atom. The van der Waals surface area contributed by atoms with E-state index >= 15 is 0 Å². The molecule has 9 heteroatoms. The van der Waals surface area contributed by atoms with Gasteiger partial charge in [0.1, 0.15) is 18.3 Å². The Bertz CT molecular complexity index is 1300. The van der Waals surface area contributed by atoms with Crippen LogP contribution in [0.1, 0.15) is 78.8 Å². The fourth-order valence-electron chi connectivity index (χ4n) is 8.24. The lowest BCUT2D eigenvalue weighted by molar-refractivity contribution is -0.183. The molecule has 0 radical (unpaired) electrons. The summed E-state index contributed by atoms with van der Waals surface area (Å²) < 4.78 is 17.6. The Morgan fingerprint density at radius 1 is 1.00 bits per heavy atom. The zero-order valence-corrected chi connectivity index (χ0v) is 27.3. The van der Waals surface area contributed by atoms with Crippen molar-refractivity contribution in [2.45, 2.75) is 104 Å². The molecule has 0 aliphatic heterocycles. The average molecular weight is 612 g/mol. The van der Waals surface area contributed by atoms with Gasteiger partial charge in [-0.2, -0.15) is 0 Å². The number of carbonyl (C=O) groups is 3. The number of fused-ring (bicyclic) bond motifs is 3. The number of nitrogens with zero attached hydrogens (tertiary/aromatic N) is 1. The SMILES string of the molecule is C=C1[C@@H](OC(=O)CC(c2ccccc2)N(C)C)CC[C@@]2(C)[C@@H](O)[C@H](OC(C)=O)C3=C(C)[C@@H](OC(C)=O)CC([C@@H](O)[C@H]12)C3(C)C. The molecule has 0 amide bonds. The van der Waals surface area contributed by atoms with Crippen LogP contribution in [0.2, 0.25) is 0 Å². The van der Waals surface area contributed by atoms with Crippen molar-refractivity contribution in [3.63, 3.8) is 0 Å². The fraction of sp³-hybridized carbons (Fsp3) is 0.629. The van der Waals surface area contributed by atoms with Crippen LogP contribution < -0.4 is 0 Å². The minimum Gasteiger partial charge on any atom is -0.458 e. The van der Waals surface area contributed by atoms with Gasteiger partial charge in [0, 0.05) is 31.2 Å². The van der Waals surface area contributed by atoms with Gasteiger partial charge in [0.15, 0.2) is 6.10 Å². The van der Waals surface area contributed by atoms with Crippen molar-refractivity contribution in [3.05, 3.63) is 59.2 Å². The summed E-state index contributed by atoms with van der Waals surface area (Å²) in [5.74, 6) is -2.53. The van der Waals surface area contributed by atoms with E-state index < -0.39 is 65.1 Å². The summed E-state index contributed by atoms with van der Waals surface area (Å²) in [5, 5.41) is 24.4. The van der Waals surface area contributed by atoms with Gasteiger partial charge < -0.3 is 29.3 Å². The van der Waals surface area contributed by atoms with Gasteiger partial charge in [0.25, 0.3) is 0 Å². The first kappa shape index (κ1) is 33.9. The zero-order valence-electron chi connectivity index (χ0n) is 27.3. The largest absolute Gasteiger partial charge is 0.458 e. The van der Waals surface area contributed by atoms with Crippen LogP contribution in [0.15, 0.2) is 53.6 Å². The van der Waals surface area contributed by atoms with Crippen LogP contribution in [0.3, 0.4) is 0 Å². The van der Waals surface area contributed by atoms with E-state index in [2.05, 4.69) is 6.58 Å². The van der Waals surface area contributed by atoms with E-state index in [1.54, 1.807) is 0 Å². The molecule has 4 rings (SSSR count). The second-order valence-corrected chi connectivity index (χ2v) is 13.9. The molecule has 242 valence electrons. The van der Waals surface area contributed by atoms with E-state index in [1.165, 1.54) is 13.8 Å². The van der Waals surface area contributed by atoms with E-state index in [4.69, 9.17) is 14.2 Å². The Balaban J connectivity index is 1.70. The molecular weight excluding hydrogens is 562 g/mol. The Morgan fingerprint density at radius 2 is 1.61 bits per heavy atom. The van der Waals surface area contributed by atoms with Crippen molar-refractivity contribution in [2.24, 2.45) is 22.7 Å². The standard InChI is InChI=1S/C35H49NO8/c1-19-26(44-28(39)18-25(36(8)9)23-13-11-10-12-14-23)15-16-35(7)29(19)31(40)24-17-27(42-21(3)37)20(2)30(34(24,5)6)32(33(35)41)43-22(4)38/h10-14,24-27,29,31-33,40-41H,1,15-18H2,2-9H3/t24?,25?,26-,27-,29-,31+,32+,33-,35+/m0/s1. The molecule has 1 aromatic rings. The monoisotopic (exact) mass is 611 g/mol. The predicted octanol–water partition coefficient (Wildman–Crippen LogP) is 4.53. The third-order valence-corrected chi connectivity index (χ3v) is 10.5. The molecule has 2 N–H and O–H groups in total. The maximum Gasteiger partial charge on any atom is 0.308 e. The molecule has 44 heavy (non-hydrogen) atoms. The molecule has 2 fully saturated rings. The van der Waals surface area contributed by atoms with E-state index in [-0.39, 0.29) is 18.4 Å². The van der Waals surface area contributed by atoms with Crippen molar-refractivity contribution < 1.29 is 38.8 Å². The highest BCUT2D eigenvalue weighted by Gasteiger charge is 2.62. The van der Waals surface area contributed by atoms with Gasteiger partial charge in [0.05, 0.1) is 12.5 Å². The quantitative estimate of drug-likeness (QED) is 0.260.